The molecule has 0 bridgehead atoms. The first-order chi connectivity index (χ1) is 12.5. The van der Waals surface area contributed by atoms with Crippen LogP contribution in [-0.4, -0.2) is 47.1 Å². The van der Waals surface area contributed by atoms with E-state index in [9.17, 15) is 0 Å². The lowest BCUT2D eigenvalue weighted by Crippen LogP contribution is -2.49. The van der Waals surface area contributed by atoms with Crippen LogP contribution in [0.15, 0.2) is 18.2 Å². The molecule has 3 nitrogen and oxygen atoms in total. The van der Waals surface area contributed by atoms with Gasteiger partial charge in [0.05, 0.1) is 0 Å². The van der Waals surface area contributed by atoms with Crippen molar-refractivity contribution in [3.05, 3.63) is 28.8 Å². The van der Waals surface area contributed by atoms with Crippen LogP contribution in [0, 0.1) is 6.92 Å². The Balaban J connectivity index is 1.49. The molecular weight excluding hydrogens is 362 g/mol. The quantitative estimate of drug-likeness (QED) is 0.542. The first-order valence-electron chi connectivity index (χ1n) is 10.1. The predicted molar refractivity (Wildman–Crippen MR) is 116 cm³/mol. The smallest absolute Gasteiger partial charge is 0.173 e. The lowest BCUT2D eigenvalue weighted by atomic mass is 9.99. The zero-order chi connectivity index (χ0) is 18.5. The molecule has 0 amide bonds. The molecule has 1 aromatic rings. The molecule has 5 heteroatoms. The van der Waals surface area contributed by atoms with Gasteiger partial charge in [0.1, 0.15) is 0 Å². The van der Waals surface area contributed by atoms with E-state index in [1.165, 1.54) is 51.4 Å². The second-order valence-corrected chi connectivity index (χ2v) is 8.72. The molecule has 144 valence electrons. The molecule has 2 fully saturated rings. The molecule has 1 saturated heterocycles. The molecule has 0 aromatic heterocycles. The second kappa shape index (κ2) is 9.38. The largest absolute Gasteiger partial charge is 0.349 e. The molecule has 1 saturated carbocycles. The van der Waals surface area contributed by atoms with Gasteiger partial charge >= 0.3 is 0 Å². The van der Waals surface area contributed by atoms with Crippen molar-refractivity contribution >= 4 is 34.6 Å². The molecule has 1 aromatic carbocycles. The minimum atomic E-state index is 0.700. The zero-order valence-electron chi connectivity index (χ0n) is 16.1. The van der Waals surface area contributed by atoms with Crippen LogP contribution in [0.5, 0.6) is 0 Å². The number of likely N-dealkylation sites (tertiary alicyclic amines) is 1. The Kier molecular flexibility index (Phi) is 7.19. The molecule has 1 heterocycles. The summed E-state index contributed by atoms with van der Waals surface area (Å²) in [4.78, 5) is 4.99. The van der Waals surface area contributed by atoms with Gasteiger partial charge in [0.25, 0.3) is 0 Å². The first kappa shape index (κ1) is 19.9. The fourth-order valence-corrected chi connectivity index (χ4v) is 4.79. The van der Waals surface area contributed by atoms with Gasteiger partial charge in [0.2, 0.25) is 0 Å². The summed E-state index contributed by atoms with van der Waals surface area (Å²) in [6.07, 6.45) is 10.8. The maximum absolute atomic E-state index is 6.22. The van der Waals surface area contributed by atoms with Crippen LogP contribution in [-0.2, 0) is 0 Å². The highest BCUT2D eigenvalue weighted by Crippen LogP contribution is 2.26. The van der Waals surface area contributed by atoms with Gasteiger partial charge in [-0.3, -0.25) is 0 Å². The average molecular weight is 394 g/mol. The molecule has 1 aliphatic heterocycles. The third kappa shape index (κ3) is 5.11. The molecule has 3 rings (SSSR count). The van der Waals surface area contributed by atoms with Gasteiger partial charge in [-0.1, -0.05) is 43.4 Å². The number of nitrogens with one attached hydrogen (secondary N) is 1. The lowest BCUT2D eigenvalue weighted by molar-refractivity contribution is 0.111. The Bertz CT molecular complexity index is 605. The van der Waals surface area contributed by atoms with Crippen molar-refractivity contribution in [2.24, 2.45) is 0 Å². The number of nitrogens with zero attached hydrogens (tertiary/aromatic N) is 2. The van der Waals surface area contributed by atoms with E-state index in [1.807, 2.05) is 25.1 Å². The summed E-state index contributed by atoms with van der Waals surface area (Å²) >= 11 is 11.9. The third-order valence-electron chi connectivity index (χ3n) is 6.15. The van der Waals surface area contributed by atoms with Gasteiger partial charge in [0.15, 0.2) is 5.11 Å². The molecule has 0 atom stereocenters. The molecule has 1 aliphatic carbocycles. The van der Waals surface area contributed by atoms with Crippen molar-refractivity contribution in [3.63, 3.8) is 0 Å². The molecule has 1 N–H and O–H groups in total. The van der Waals surface area contributed by atoms with Crippen LogP contribution >= 0.6 is 23.8 Å². The summed E-state index contributed by atoms with van der Waals surface area (Å²) in [6, 6.07) is 7.51. The summed E-state index contributed by atoms with van der Waals surface area (Å²) in [5.74, 6) is 0. The monoisotopic (exact) mass is 393 g/mol. The molecular formula is C21H32ClN3S. The highest BCUT2D eigenvalue weighted by molar-refractivity contribution is 7.80. The topological polar surface area (TPSA) is 18.5 Å². The average Bonchev–Trinajstić information content (AvgIpc) is 2.94. The fourth-order valence-electron chi connectivity index (χ4n) is 4.31. The summed E-state index contributed by atoms with van der Waals surface area (Å²) in [5, 5.41) is 4.95. The Morgan fingerprint density at radius 3 is 2.31 bits per heavy atom. The van der Waals surface area contributed by atoms with E-state index in [2.05, 4.69) is 22.2 Å². The lowest BCUT2D eigenvalue weighted by Gasteiger charge is -2.41. The number of rotatable bonds is 3. The number of hydrogen-bond donors (Lipinski definition) is 1. The minimum absolute atomic E-state index is 0.700. The van der Waals surface area contributed by atoms with Gasteiger partial charge in [-0.25, -0.2) is 0 Å². The Labute approximate surface area is 169 Å². The number of piperidine rings is 1. The van der Waals surface area contributed by atoms with Crippen molar-refractivity contribution in [1.29, 1.82) is 0 Å². The van der Waals surface area contributed by atoms with E-state index in [1.54, 1.807) is 0 Å². The van der Waals surface area contributed by atoms with E-state index in [0.717, 1.165) is 40.5 Å². The Hall–Kier alpha value is -0.840. The third-order valence-corrected chi connectivity index (χ3v) is 6.92. The van der Waals surface area contributed by atoms with Crippen LogP contribution in [0.1, 0.15) is 56.9 Å². The number of benzene rings is 1. The normalized spacial score (nSPS) is 20.2. The number of aryl methyl sites for hydroxylation is 1. The van der Waals surface area contributed by atoms with Gasteiger partial charge in [-0.15, -0.1) is 0 Å². The van der Waals surface area contributed by atoms with Crippen LogP contribution in [0.2, 0.25) is 5.02 Å². The van der Waals surface area contributed by atoms with Gasteiger partial charge in [0, 0.05) is 35.9 Å². The first-order valence-corrected chi connectivity index (χ1v) is 10.9. The Morgan fingerprint density at radius 2 is 1.69 bits per heavy atom. The zero-order valence-corrected chi connectivity index (χ0v) is 17.7. The van der Waals surface area contributed by atoms with Gasteiger partial charge in [-0.2, -0.15) is 0 Å². The van der Waals surface area contributed by atoms with E-state index >= 15 is 0 Å². The highest BCUT2D eigenvalue weighted by atomic mass is 35.5. The van der Waals surface area contributed by atoms with E-state index in [4.69, 9.17) is 23.8 Å². The van der Waals surface area contributed by atoms with Crippen LogP contribution in [0.4, 0.5) is 5.69 Å². The summed E-state index contributed by atoms with van der Waals surface area (Å²) in [5.41, 5.74) is 2.06. The summed E-state index contributed by atoms with van der Waals surface area (Å²) in [6.45, 7) is 4.08. The highest BCUT2D eigenvalue weighted by Gasteiger charge is 2.28. The molecule has 0 spiro atoms. The van der Waals surface area contributed by atoms with E-state index < -0.39 is 0 Å². The minimum Gasteiger partial charge on any atom is -0.349 e. The van der Waals surface area contributed by atoms with E-state index in [0.29, 0.717) is 6.04 Å². The summed E-state index contributed by atoms with van der Waals surface area (Å²) in [7, 11) is 2.35. The maximum Gasteiger partial charge on any atom is 0.173 e. The molecule has 2 aliphatic rings. The fraction of sp³-hybridized carbons (Fsp3) is 0.667. The SMILES string of the molecule is Cc1ccc(NC(=S)N2CCC(N(C)C3CCCCCC3)CC2)cc1Cl. The Morgan fingerprint density at radius 1 is 1.08 bits per heavy atom. The summed E-state index contributed by atoms with van der Waals surface area (Å²) < 4.78 is 0. The van der Waals surface area contributed by atoms with Crippen LogP contribution in [0.25, 0.3) is 0 Å². The van der Waals surface area contributed by atoms with Crippen molar-refractivity contribution in [3.8, 4) is 0 Å². The number of halogens is 1. The second-order valence-electron chi connectivity index (χ2n) is 7.92. The van der Waals surface area contributed by atoms with Gasteiger partial charge < -0.3 is 15.1 Å². The van der Waals surface area contributed by atoms with Crippen LogP contribution < -0.4 is 5.32 Å². The number of thiocarbonyl (C=S) groups is 1. The van der Waals surface area contributed by atoms with Crippen molar-refractivity contribution in [2.75, 3.05) is 25.5 Å². The van der Waals surface area contributed by atoms with Crippen LogP contribution in [0.3, 0.4) is 0 Å². The van der Waals surface area contributed by atoms with E-state index in [-0.39, 0.29) is 0 Å². The molecule has 0 unspecified atom stereocenters. The maximum atomic E-state index is 6.22. The van der Waals surface area contributed by atoms with Crippen molar-refractivity contribution < 1.29 is 0 Å². The predicted octanol–water partition coefficient (Wildman–Crippen LogP) is 5.46. The van der Waals surface area contributed by atoms with Crippen molar-refractivity contribution in [2.45, 2.75) is 70.4 Å². The number of anilines is 1. The number of hydrogen-bond acceptors (Lipinski definition) is 2. The standard InChI is InChI=1S/C21H32ClN3S/c1-16-9-10-17(15-20(16)22)23-21(26)25-13-11-19(12-14-25)24(2)18-7-5-3-4-6-8-18/h9-10,15,18-19H,3-8,11-14H2,1-2H3,(H,23,26). The molecule has 26 heavy (non-hydrogen) atoms. The van der Waals surface area contributed by atoms with Gasteiger partial charge in [-0.05, 0) is 69.6 Å². The van der Waals surface area contributed by atoms with Crippen molar-refractivity contribution in [1.82, 2.24) is 9.80 Å². The molecule has 0 radical (unpaired) electrons.